The Morgan fingerprint density at radius 1 is 0.969 bits per heavy atom. The average Bonchev–Trinajstić information content (AvgIpc) is 2.78. The molecule has 0 amide bonds. The monoisotopic (exact) mass is 443 g/mol. The lowest BCUT2D eigenvalue weighted by atomic mass is 10.1. The van der Waals surface area contributed by atoms with Crippen LogP contribution in [0, 0.1) is 18.8 Å². The number of hydrogen-bond donors (Lipinski definition) is 1. The van der Waals surface area contributed by atoms with Crippen LogP contribution in [0.15, 0.2) is 71.9 Å². The molecule has 0 spiro atoms. The second-order valence-electron chi connectivity index (χ2n) is 7.30. The number of pyridine rings is 2. The summed E-state index contributed by atoms with van der Waals surface area (Å²) >= 11 is 0. The van der Waals surface area contributed by atoms with E-state index in [1.165, 1.54) is 6.26 Å². The molecular weight excluding hydrogens is 422 g/mol. The molecule has 0 atom stereocenters. The lowest BCUT2D eigenvalue weighted by Gasteiger charge is -2.08. The van der Waals surface area contributed by atoms with Crippen LogP contribution in [0.3, 0.4) is 0 Å². The molecule has 0 saturated carbocycles. The first-order valence-corrected chi connectivity index (χ1v) is 11.7. The van der Waals surface area contributed by atoms with Gasteiger partial charge in [0.15, 0.2) is 9.84 Å². The van der Waals surface area contributed by atoms with Gasteiger partial charge in [-0.3, -0.25) is 0 Å². The fourth-order valence-electron chi connectivity index (χ4n) is 3.20. The first-order chi connectivity index (χ1) is 15.3. The van der Waals surface area contributed by atoms with Gasteiger partial charge in [0, 0.05) is 40.7 Å². The third kappa shape index (κ3) is 4.71. The van der Waals surface area contributed by atoms with Gasteiger partial charge in [-0.05, 0) is 73.0 Å². The summed E-state index contributed by atoms with van der Waals surface area (Å²) in [5.41, 5.74) is 3.31. The number of fused-ring (bicyclic) bond motifs is 1. The molecule has 0 bridgehead atoms. The maximum absolute atomic E-state index is 11.6. The zero-order chi connectivity index (χ0) is 22.7. The summed E-state index contributed by atoms with van der Waals surface area (Å²) in [7, 11) is -1.60. The summed E-state index contributed by atoms with van der Waals surface area (Å²) in [6.45, 7) is 1.99. The van der Waals surface area contributed by atoms with Crippen LogP contribution >= 0.6 is 0 Å². The van der Waals surface area contributed by atoms with Crippen molar-refractivity contribution in [2.45, 2.75) is 11.8 Å². The van der Waals surface area contributed by atoms with Gasteiger partial charge >= 0.3 is 0 Å². The molecule has 0 aliphatic rings. The molecular formula is C25H21N3O3S. The van der Waals surface area contributed by atoms with Crippen molar-refractivity contribution in [3.05, 3.63) is 83.8 Å². The van der Waals surface area contributed by atoms with E-state index >= 15 is 0 Å². The molecule has 6 nitrogen and oxygen atoms in total. The van der Waals surface area contributed by atoms with E-state index in [4.69, 9.17) is 4.74 Å². The van der Waals surface area contributed by atoms with Crippen LogP contribution in [-0.2, 0) is 9.84 Å². The van der Waals surface area contributed by atoms with E-state index in [-0.39, 0.29) is 4.90 Å². The normalized spacial score (nSPS) is 11.0. The molecule has 0 saturated heterocycles. The summed E-state index contributed by atoms with van der Waals surface area (Å²) in [6, 6.07) is 16.1. The lowest BCUT2D eigenvalue weighted by molar-refractivity contribution is 0.414. The third-order valence-electron chi connectivity index (χ3n) is 4.95. The number of anilines is 2. The van der Waals surface area contributed by atoms with Crippen molar-refractivity contribution in [1.29, 1.82) is 0 Å². The van der Waals surface area contributed by atoms with Gasteiger partial charge in [0.25, 0.3) is 0 Å². The minimum atomic E-state index is -3.24. The minimum Gasteiger partial charge on any atom is -0.497 e. The molecule has 4 aromatic rings. The Morgan fingerprint density at radius 2 is 1.75 bits per heavy atom. The molecule has 0 radical (unpaired) electrons. The molecule has 4 rings (SSSR count). The quantitative estimate of drug-likeness (QED) is 0.468. The van der Waals surface area contributed by atoms with E-state index in [1.54, 1.807) is 43.8 Å². The number of nitrogens with zero attached hydrogens (tertiary/aromatic N) is 2. The molecule has 0 aliphatic heterocycles. The van der Waals surface area contributed by atoms with Crippen LogP contribution in [0.4, 0.5) is 11.5 Å². The van der Waals surface area contributed by atoms with Crippen molar-refractivity contribution < 1.29 is 13.2 Å². The fraction of sp³-hybridized carbons (Fsp3) is 0.120. The summed E-state index contributed by atoms with van der Waals surface area (Å²) in [6.07, 6.45) is 4.66. The second-order valence-corrected chi connectivity index (χ2v) is 9.32. The minimum absolute atomic E-state index is 0.269. The molecule has 160 valence electrons. The van der Waals surface area contributed by atoms with Crippen molar-refractivity contribution in [3.8, 4) is 17.6 Å². The van der Waals surface area contributed by atoms with Gasteiger partial charge in [0.05, 0.1) is 12.0 Å². The molecule has 7 heteroatoms. The molecule has 32 heavy (non-hydrogen) atoms. The van der Waals surface area contributed by atoms with Crippen LogP contribution in [0.2, 0.25) is 0 Å². The van der Waals surface area contributed by atoms with Crippen LogP contribution in [0.5, 0.6) is 5.75 Å². The Labute approximate surface area is 187 Å². The van der Waals surface area contributed by atoms with Gasteiger partial charge in [-0.1, -0.05) is 5.92 Å². The van der Waals surface area contributed by atoms with E-state index in [1.807, 2.05) is 37.3 Å². The molecule has 0 unspecified atom stereocenters. The van der Waals surface area contributed by atoms with Crippen molar-refractivity contribution in [1.82, 2.24) is 9.97 Å². The number of hydrogen-bond acceptors (Lipinski definition) is 6. The topological polar surface area (TPSA) is 81.2 Å². The average molecular weight is 444 g/mol. The van der Waals surface area contributed by atoms with E-state index in [9.17, 15) is 8.42 Å². The standard InChI is InChI=1S/C25H21N3O3S/c1-17-14-21(31-2)8-4-18(17)5-11-24-23-15-25(27-16-19(23)12-13-26-24)28-20-6-9-22(10-7-20)32(3,29)30/h4,6-10,12-16H,1-3H3,(H,27,28). The summed E-state index contributed by atoms with van der Waals surface area (Å²) in [5.74, 6) is 7.78. The number of ether oxygens (including phenoxy) is 1. The second kappa shape index (κ2) is 8.69. The van der Waals surface area contributed by atoms with Crippen molar-refractivity contribution in [3.63, 3.8) is 0 Å². The summed E-state index contributed by atoms with van der Waals surface area (Å²) < 4.78 is 28.5. The van der Waals surface area contributed by atoms with E-state index in [2.05, 4.69) is 27.1 Å². The smallest absolute Gasteiger partial charge is 0.175 e. The number of benzene rings is 2. The zero-order valence-corrected chi connectivity index (χ0v) is 18.7. The molecule has 2 aromatic carbocycles. The van der Waals surface area contributed by atoms with Crippen LogP contribution in [0.1, 0.15) is 16.8 Å². The Kier molecular flexibility index (Phi) is 5.80. The van der Waals surface area contributed by atoms with Crippen LogP contribution < -0.4 is 10.1 Å². The van der Waals surface area contributed by atoms with Crippen LogP contribution in [0.25, 0.3) is 10.8 Å². The molecule has 1 N–H and O–H groups in total. The zero-order valence-electron chi connectivity index (χ0n) is 17.9. The number of aryl methyl sites for hydroxylation is 1. The number of sulfone groups is 1. The SMILES string of the molecule is COc1ccc(C#Cc2nccc3cnc(Nc4ccc(S(C)(=O)=O)cc4)cc23)c(C)c1. The number of aromatic nitrogens is 2. The number of nitrogens with one attached hydrogen (secondary N) is 1. The van der Waals surface area contributed by atoms with Crippen molar-refractivity contribution in [2.75, 3.05) is 18.7 Å². The van der Waals surface area contributed by atoms with E-state index in [0.717, 1.165) is 33.3 Å². The van der Waals surface area contributed by atoms with E-state index in [0.29, 0.717) is 11.5 Å². The maximum atomic E-state index is 11.6. The number of rotatable bonds is 4. The Bertz CT molecular complexity index is 1470. The van der Waals surface area contributed by atoms with Gasteiger partial charge in [0.2, 0.25) is 0 Å². The Morgan fingerprint density at radius 3 is 2.44 bits per heavy atom. The van der Waals surface area contributed by atoms with Gasteiger partial charge in [0.1, 0.15) is 17.3 Å². The predicted molar refractivity (Wildman–Crippen MR) is 126 cm³/mol. The van der Waals surface area contributed by atoms with Crippen molar-refractivity contribution >= 4 is 32.1 Å². The Hall–Kier alpha value is -3.89. The highest BCUT2D eigenvalue weighted by Crippen LogP contribution is 2.23. The molecule has 2 aromatic heterocycles. The van der Waals surface area contributed by atoms with Crippen LogP contribution in [-0.4, -0.2) is 31.8 Å². The van der Waals surface area contributed by atoms with E-state index < -0.39 is 9.84 Å². The van der Waals surface area contributed by atoms with Gasteiger partial charge in [-0.15, -0.1) is 0 Å². The molecule has 2 heterocycles. The first kappa shape index (κ1) is 21.3. The number of methoxy groups -OCH3 is 1. The first-order valence-electron chi connectivity index (χ1n) is 9.82. The molecule has 0 aliphatic carbocycles. The predicted octanol–water partition coefficient (Wildman–Crippen LogP) is 4.49. The summed E-state index contributed by atoms with van der Waals surface area (Å²) in [4.78, 5) is 9.17. The van der Waals surface area contributed by atoms with Gasteiger partial charge in [-0.25, -0.2) is 18.4 Å². The van der Waals surface area contributed by atoms with Crippen molar-refractivity contribution in [2.24, 2.45) is 0 Å². The Balaban J connectivity index is 1.66. The van der Waals surface area contributed by atoms with Gasteiger partial charge in [-0.2, -0.15) is 0 Å². The maximum Gasteiger partial charge on any atom is 0.175 e. The highest BCUT2D eigenvalue weighted by Gasteiger charge is 2.08. The summed E-state index contributed by atoms with van der Waals surface area (Å²) in [5, 5.41) is 5.00. The van der Waals surface area contributed by atoms with Gasteiger partial charge < -0.3 is 10.1 Å². The molecule has 0 fully saturated rings. The third-order valence-corrected chi connectivity index (χ3v) is 6.08. The fourth-order valence-corrected chi connectivity index (χ4v) is 3.83. The largest absolute Gasteiger partial charge is 0.497 e. The highest BCUT2D eigenvalue weighted by molar-refractivity contribution is 7.90. The lowest BCUT2D eigenvalue weighted by Crippen LogP contribution is -1.98. The highest BCUT2D eigenvalue weighted by atomic mass is 32.2.